The van der Waals surface area contributed by atoms with Crippen molar-refractivity contribution in [2.75, 3.05) is 6.61 Å². The molecule has 1 aliphatic heterocycles. The predicted octanol–water partition coefficient (Wildman–Crippen LogP) is -0.679. The largest absolute Gasteiger partial charge is 0.454 e. The van der Waals surface area contributed by atoms with Gasteiger partial charge in [0.2, 0.25) is 12.0 Å². The van der Waals surface area contributed by atoms with Gasteiger partial charge in [0.1, 0.15) is 18.3 Å². The van der Waals surface area contributed by atoms with E-state index in [-0.39, 0.29) is 6.61 Å². The number of nitro benzene ring substituents is 2. The van der Waals surface area contributed by atoms with Gasteiger partial charge in [-0.2, -0.15) is 0 Å². The highest BCUT2D eigenvalue weighted by molar-refractivity contribution is 5.53. The second kappa shape index (κ2) is 6.19. The molecule has 0 aliphatic carbocycles. The van der Waals surface area contributed by atoms with Crippen molar-refractivity contribution in [3.05, 3.63) is 38.4 Å². The molecular weight excluding hydrogens is 304 g/mol. The van der Waals surface area contributed by atoms with E-state index in [0.29, 0.717) is 0 Å². The molecule has 3 N–H and O–H groups in total. The van der Waals surface area contributed by atoms with Gasteiger partial charge >= 0.3 is 5.69 Å². The van der Waals surface area contributed by atoms with Crippen molar-refractivity contribution in [1.82, 2.24) is 0 Å². The van der Waals surface area contributed by atoms with E-state index >= 15 is 0 Å². The molecule has 0 saturated carbocycles. The molecule has 1 aromatic rings. The highest BCUT2D eigenvalue weighted by Crippen LogP contribution is 2.33. The van der Waals surface area contributed by atoms with E-state index in [1.807, 2.05) is 0 Å². The fraction of sp³-hybridized carbons (Fsp3) is 0.455. The lowest BCUT2D eigenvalue weighted by atomic mass is 10.1. The average Bonchev–Trinajstić information content (AvgIpc) is 2.47. The monoisotopic (exact) mass is 316 g/mol. The Hall–Kier alpha value is -2.34. The Morgan fingerprint density at radius 2 is 1.82 bits per heavy atom. The molecule has 22 heavy (non-hydrogen) atoms. The number of nitro groups is 2. The first-order valence-electron chi connectivity index (χ1n) is 6.06. The molecule has 4 atom stereocenters. The molecule has 1 heterocycles. The zero-order valence-corrected chi connectivity index (χ0v) is 10.9. The number of ether oxygens (including phenoxy) is 2. The third-order valence-electron chi connectivity index (χ3n) is 3.05. The lowest BCUT2D eigenvalue weighted by Crippen LogP contribution is -2.54. The van der Waals surface area contributed by atoms with Gasteiger partial charge < -0.3 is 24.8 Å². The number of nitrogens with zero attached hydrogens (tertiary/aromatic N) is 2. The maximum atomic E-state index is 10.9. The minimum Gasteiger partial charge on any atom is -0.454 e. The minimum absolute atomic E-state index is 0.369. The Kier molecular flexibility index (Phi) is 4.51. The Bertz CT molecular complexity index is 593. The molecule has 1 saturated heterocycles. The van der Waals surface area contributed by atoms with Gasteiger partial charge in [-0.3, -0.25) is 20.2 Å². The molecule has 2 rings (SSSR count). The summed E-state index contributed by atoms with van der Waals surface area (Å²) < 4.78 is 10.0. The average molecular weight is 316 g/mol. The summed E-state index contributed by atoms with van der Waals surface area (Å²) in [6.07, 6.45) is -6.10. The highest BCUT2D eigenvalue weighted by Gasteiger charge is 2.40. The molecular formula is C11H12N2O9. The number of aliphatic hydroxyl groups is 3. The van der Waals surface area contributed by atoms with Crippen LogP contribution < -0.4 is 4.74 Å². The number of non-ortho nitro benzene ring substituents is 1. The molecule has 1 aromatic carbocycles. The number of hydrogen-bond donors (Lipinski definition) is 3. The van der Waals surface area contributed by atoms with E-state index in [9.17, 15) is 35.5 Å². The molecule has 0 unspecified atom stereocenters. The SMILES string of the molecule is O=[N+]([O-])c1ccc([N+](=O)[O-])c(O[C@@H]2OC[C@@H](O)[C@H](O)[C@H]2O)c1. The summed E-state index contributed by atoms with van der Waals surface area (Å²) in [6, 6.07) is 2.63. The van der Waals surface area contributed by atoms with E-state index in [1.54, 1.807) is 0 Å². The first kappa shape index (κ1) is 16.0. The zero-order valence-electron chi connectivity index (χ0n) is 10.9. The van der Waals surface area contributed by atoms with Crippen LogP contribution in [0, 0.1) is 20.2 Å². The van der Waals surface area contributed by atoms with Crippen molar-refractivity contribution in [3.8, 4) is 5.75 Å². The summed E-state index contributed by atoms with van der Waals surface area (Å²) >= 11 is 0. The van der Waals surface area contributed by atoms with Crippen LogP contribution in [0.15, 0.2) is 18.2 Å². The maximum absolute atomic E-state index is 10.9. The molecule has 1 fully saturated rings. The van der Waals surface area contributed by atoms with Crippen LogP contribution in [0.2, 0.25) is 0 Å². The Labute approximate surface area is 122 Å². The van der Waals surface area contributed by atoms with Crippen molar-refractivity contribution in [3.63, 3.8) is 0 Å². The van der Waals surface area contributed by atoms with E-state index in [2.05, 4.69) is 0 Å². The van der Waals surface area contributed by atoms with Gasteiger partial charge in [0, 0.05) is 12.1 Å². The number of benzene rings is 1. The summed E-state index contributed by atoms with van der Waals surface area (Å²) in [4.78, 5) is 20.0. The van der Waals surface area contributed by atoms with E-state index in [4.69, 9.17) is 9.47 Å². The highest BCUT2D eigenvalue weighted by atomic mass is 16.7. The van der Waals surface area contributed by atoms with Crippen LogP contribution in [0.5, 0.6) is 5.75 Å². The Balaban J connectivity index is 2.29. The second-order valence-electron chi connectivity index (χ2n) is 4.53. The molecule has 0 bridgehead atoms. The van der Waals surface area contributed by atoms with E-state index in [0.717, 1.165) is 18.2 Å². The minimum atomic E-state index is -1.68. The number of aliphatic hydroxyl groups excluding tert-OH is 3. The lowest BCUT2D eigenvalue weighted by molar-refractivity contribution is -0.390. The Morgan fingerprint density at radius 3 is 2.41 bits per heavy atom. The fourth-order valence-electron chi connectivity index (χ4n) is 1.87. The smallest absolute Gasteiger partial charge is 0.311 e. The molecule has 0 amide bonds. The van der Waals surface area contributed by atoms with Crippen LogP contribution in [0.1, 0.15) is 0 Å². The quantitative estimate of drug-likeness (QED) is 0.481. The predicted molar refractivity (Wildman–Crippen MR) is 68.1 cm³/mol. The van der Waals surface area contributed by atoms with Crippen LogP contribution in [0.3, 0.4) is 0 Å². The summed E-state index contributed by atoms with van der Waals surface area (Å²) in [7, 11) is 0. The fourth-order valence-corrected chi connectivity index (χ4v) is 1.87. The molecule has 0 aromatic heterocycles. The maximum Gasteiger partial charge on any atom is 0.311 e. The Morgan fingerprint density at radius 1 is 1.14 bits per heavy atom. The van der Waals surface area contributed by atoms with Crippen molar-refractivity contribution in [2.45, 2.75) is 24.6 Å². The van der Waals surface area contributed by atoms with Gasteiger partial charge in [-0.05, 0) is 0 Å². The van der Waals surface area contributed by atoms with Crippen LogP contribution in [0.4, 0.5) is 11.4 Å². The van der Waals surface area contributed by atoms with Crippen molar-refractivity contribution >= 4 is 11.4 Å². The molecule has 11 heteroatoms. The third kappa shape index (κ3) is 3.12. The van der Waals surface area contributed by atoms with Gasteiger partial charge in [0.25, 0.3) is 5.69 Å². The summed E-state index contributed by atoms with van der Waals surface area (Å²) in [5.41, 5.74) is -1.02. The van der Waals surface area contributed by atoms with Crippen LogP contribution in [0.25, 0.3) is 0 Å². The van der Waals surface area contributed by atoms with Gasteiger partial charge in [0.15, 0.2) is 0 Å². The summed E-state index contributed by atoms with van der Waals surface area (Å²) in [5, 5.41) is 50.1. The van der Waals surface area contributed by atoms with E-state index < -0.39 is 51.6 Å². The normalized spacial score (nSPS) is 28.1. The molecule has 0 spiro atoms. The first-order chi connectivity index (χ1) is 10.3. The molecule has 120 valence electrons. The van der Waals surface area contributed by atoms with Crippen molar-refractivity contribution in [2.24, 2.45) is 0 Å². The van der Waals surface area contributed by atoms with Crippen LogP contribution in [-0.2, 0) is 4.74 Å². The number of rotatable bonds is 4. The van der Waals surface area contributed by atoms with Gasteiger partial charge in [-0.25, -0.2) is 0 Å². The zero-order chi connectivity index (χ0) is 16.4. The second-order valence-corrected chi connectivity index (χ2v) is 4.53. The lowest BCUT2D eigenvalue weighted by Gasteiger charge is -2.34. The molecule has 1 aliphatic rings. The third-order valence-corrected chi connectivity index (χ3v) is 3.05. The van der Waals surface area contributed by atoms with Gasteiger partial charge in [-0.15, -0.1) is 0 Å². The van der Waals surface area contributed by atoms with Crippen molar-refractivity contribution in [1.29, 1.82) is 0 Å². The number of hydrogen-bond acceptors (Lipinski definition) is 9. The standard InChI is InChI=1S/C11H12N2O9/c14-7-4-21-11(10(16)9(7)15)22-8-3-5(12(17)18)1-2-6(8)13(19)20/h1-3,7,9-11,14-16H,4H2/t7-,9+,10-,11+/m1/s1. The van der Waals surface area contributed by atoms with Crippen LogP contribution in [-0.4, -0.2) is 56.4 Å². The molecule has 0 radical (unpaired) electrons. The topological polar surface area (TPSA) is 165 Å². The summed E-state index contributed by atoms with van der Waals surface area (Å²) in [6.45, 7) is -0.369. The van der Waals surface area contributed by atoms with E-state index in [1.165, 1.54) is 0 Å². The summed E-state index contributed by atoms with van der Waals surface area (Å²) in [5.74, 6) is -0.494. The molecule has 11 nitrogen and oxygen atoms in total. The van der Waals surface area contributed by atoms with Gasteiger partial charge in [-0.1, -0.05) is 0 Å². The first-order valence-corrected chi connectivity index (χ1v) is 6.06. The van der Waals surface area contributed by atoms with Gasteiger partial charge in [0.05, 0.1) is 22.5 Å². The van der Waals surface area contributed by atoms with Crippen molar-refractivity contribution < 1.29 is 34.6 Å². The van der Waals surface area contributed by atoms with Crippen LogP contribution >= 0.6 is 0 Å².